The zero-order chi connectivity index (χ0) is 20.9. The molecule has 29 heavy (non-hydrogen) atoms. The molecule has 0 aliphatic rings. The lowest BCUT2D eigenvalue weighted by molar-refractivity contribution is 0.257. The van der Waals surface area contributed by atoms with Crippen molar-refractivity contribution in [3.8, 4) is 16.3 Å². The molecule has 0 amide bonds. The van der Waals surface area contributed by atoms with Gasteiger partial charge in [0.1, 0.15) is 10.8 Å². The average Bonchev–Trinajstić information content (AvgIpc) is 3.13. The van der Waals surface area contributed by atoms with Gasteiger partial charge in [-0.05, 0) is 37.7 Å². The first-order valence-electron chi connectivity index (χ1n) is 9.14. The fourth-order valence-corrected chi connectivity index (χ4v) is 4.60. The van der Waals surface area contributed by atoms with Gasteiger partial charge in [-0.2, -0.15) is 0 Å². The summed E-state index contributed by atoms with van der Waals surface area (Å²) in [6.45, 7) is 2.09. The number of benzene rings is 2. The first-order valence-corrected chi connectivity index (χ1v) is 12.3. The maximum atomic E-state index is 11.6. The van der Waals surface area contributed by atoms with E-state index in [2.05, 4.69) is 10.3 Å². The summed E-state index contributed by atoms with van der Waals surface area (Å²) in [4.78, 5) is 7.14. The van der Waals surface area contributed by atoms with Gasteiger partial charge in [-0.25, -0.2) is 13.4 Å². The van der Waals surface area contributed by atoms with Crippen LogP contribution in [0.4, 0.5) is 0 Å². The van der Waals surface area contributed by atoms with E-state index in [1.807, 2.05) is 31.3 Å². The summed E-state index contributed by atoms with van der Waals surface area (Å²) in [6, 6.07) is 14.3. The number of thiazole rings is 1. The number of nitrogens with zero attached hydrogens (tertiary/aromatic N) is 2. The molecule has 2 aromatic carbocycles. The average molecular weight is 451 g/mol. The minimum Gasteiger partial charge on any atom is -0.494 e. The van der Waals surface area contributed by atoms with Gasteiger partial charge in [-0.1, -0.05) is 35.9 Å². The lowest BCUT2D eigenvalue weighted by Crippen LogP contribution is -2.21. The van der Waals surface area contributed by atoms with Crippen LogP contribution in [0.25, 0.3) is 10.6 Å². The van der Waals surface area contributed by atoms with Crippen LogP contribution in [0.3, 0.4) is 0 Å². The van der Waals surface area contributed by atoms with Crippen LogP contribution in [0.5, 0.6) is 5.75 Å². The Balaban J connectivity index is 1.46. The summed E-state index contributed by atoms with van der Waals surface area (Å²) in [5.41, 5.74) is 1.96. The number of aromatic nitrogens is 1. The van der Waals surface area contributed by atoms with E-state index in [1.165, 1.54) is 6.26 Å². The molecule has 0 spiro atoms. The van der Waals surface area contributed by atoms with E-state index < -0.39 is 9.84 Å². The van der Waals surface area contributed by atoms with Crippen LogP contribution in [0.15, 0.2) is 58.8 Å². The zero-order valence-corrected chi connectivity index (χ0v) is 18.7. The molecule has 0 saturated heterocycles. The quantitative estimate of drug-likeness (QED) is 0.439. The highest BCUT2D eigenvalue weighted by atomic mass is 35.5. The molecule has 3 rings (SSSR count). The van der Waals surface area contributed by atoms with Crippen LogP contribution in [0.1, 0.15) is 12.1 Å². The number of sulfone groups is 1. The topological polar surface area (TPSA) is 59.5 Å². The molecule has 0 atom stereocenters. The number of hydrogen-bond acceptors (Lipinski definition) is 6. The van der Waals surface area contributed by atoms with E-state index in [1.54, 1.807) is 35.6 Å². The van der Waals surface area contributed by atoms with E-state index in [9.17, 15) is 8.42 Å². The minimum absolute atomic E-state index is 0.268. The smallest absolute Gasteiger partial charge is 0.175 e. The highest BCUT2D eigenvalue weighted by Gasteiger charge is 2.10. The van der Waals surface area contributed by atoms with Crippen LogP contribution < -0.4 is 4.74 Å². The molecular weight excluding hydrogens is 428 g/mol. The van der Waals surface area contributed by atoms with Crippen LogP contribution in [0, 0.1) is 0 Å². The highest BCUT2D eigenvalue weighted by molar-refractivity contribution is 7.90. The third kappa shape index (κ3) is 6.27. The molecule has 1 aromatic heterocycles. The first-order chi connectivity index (χ1) is 13.8. The van der Waals surface area contributed by atoms with Crippen molar-refractivity contribution in [2.45, 2.75) is 17.9 Å². The predicted molar refractivity (Wildman–Crippen MR) is 119 cm³/mol. The van der Waals surface area contributed by atoms with Crippen molar-refractivity contribution in [3.05, 3.63) is 64.6 Å². The summed E-state index contributed by atoms with van der Waals surface area (Å²) < 4.78 is 28.9. The SMILES string of the molecule is CN(CCCOc1cccc(S(C)(=O)=O)c1)Cc1csc(-c2ccccc2Cl)n1. The lowest BCUT2D eigenvalue weighted by atomic mass is 10.2. The monoisotopic (exact) mass is 450 g/mol. The maximum absolute atomic E-state index is 11.6. The van der Waals surface area contributed by atoms with Gasteiger partial charge >= 0.3 is 0 Å². The fraction of sp³-hybridized carbons (Fsp3) is 0.286. The zero-order valence-electron chi connectivity index (χ0n) is 16.3. The van der Waals surface area contributed by atoms with E-state index in [4.69, 9.17) is 21.3 Å². The standard InChI is InChI=1S/C21H23ClN2O3S2/c1-24(11-6-12-27-17-7-5-8-18(13-17)29(2,25)26)14-16-15-28-21(23-16)19-9-3-4-10-20(19)22/h3-5,7-10,13,15H,6,11-12,14H2,1-2H3. The second-order valence-electron chi connectivity index (χ2n) is 6.81. The van der Waals surface area contributed by atoms with Crippen LogP contribution >= 0.6 is 22.9 Å². The van der Waals surface area contributed by atoms with Crippen molar-refractivity contribution in [2.24, 2.45) is 0 Å². The van der Waals surface area contributed by atoms with Gasteiger partial charge in [0, 0.05) is 30.3 Å². The number of rotatable bonds is 9. The molecule has 0 N–H and O–H groups in total. The fourth-order valence-electron chi connectivity index (χ4n) is 2.81. The third-order valence-electron chi connectivity index (χ3n) is 4.27. The second kappa shape index (κ2) is 9.71. The minimum atomic E-state index is -3.23. The Morgan fingerprint density at radius 1 is 1.17 bits per heavy atom. The molecule has 0 radical (unpaired) electrons. The van der Waals surface area contributed by atoms with Crippen LogP contribution in [0.2, 0.25) is 5.02 Å². The Bertz CT molecular complexity index is 1070. The van der Waals surface area contributed by atoms with Crippen molar-refractivity contribution < 1.29 is 13.2 Å². The third-order valence-corrected chi connectivity index (χ3v) is 6.64. The van der Waals surface area contributed by atoms with Gasteiger partial charge in [0.25, 0.3) is 0 Å². The Morgan fingerprint density at radius 3 is 2.72 bits per heavy atom. The van der Waals surface area contributed by atoms with Crippen molar-refractivity contribution in [1.82, 2.24) is 9.88 Å². The van der Waals surface area contributed by atoms with Gasteiger partial charge in [0.05, 0.1) is 22.2 Å². The van der Waals surface area contributed by atoms with E-state index >= 15 is 0 Å². The van der Waals surface area contributed by atoms with E-state index in [-0.39, 0.29) is 4.90 Å². The molecule has 0 fully saturated rings. The van der Waals surface area contributed by atoms with Crippen LogP contribution in [-0.2, 0) is 16.4 Å². The number of ether oxygens (including phenoxy) is 1. The molecule has 154 valence electrons. The molecule has 0 aliphatic heterocycles. The van der Waals surface area contributed by atoms with Gasteiger partial charge in [-0.3, -0.25) is 0 Å². The second-order valence-corrected chi connectivity index (χ2v) is 10.1. The summed E-state index contributed by atoms with van der Waals surface area (Å²) >= 11 is 7.84. The van der Waals surface area contributed by atoms with Gasteiger partial charge in [0.15, 0.2) is 9.84 Å². The largest absolute Gasteiger partial charge is 0.494 e. The summed E-state index contributed by atoms with van der Waals surface area (Å²) in [5, 5.41) is 3.69. The lowest BCUT2D eigenvalue weighted by Gasteiger charge is -2.15. The molecular formula is C21H23ClN2O3S2. The summed E-state index contributed by atoms with van der Waals surface area (Å²) in [5.74, 6) is 0.569. The number of halogens is 1. The molecule has 0 aliphatic carbocycles. The highest BCUT2D eigenvalue weighted by Crippen LogP contribution is 2.30. The molecule has 1 heterocycles. The molecule has 8 heteroatoms. The number of hydrogen-bond donors (Lipinski definition) is 0. The predicted octanol–water partition coefficient (Wildman–Crippen LogP) is 4.77. The Hall–Kier alpha value is -1.93. The van der Waals surface area contributed by atoms with Crippen LogP contribution in [-0.4, -0.2) is 44.8 Å². The Kier molecular flexibility index (Phi) is 7.29. The van der Waals surface area contributed by atoms with Crippen molar-refractivity contribution in [3.63, 3.8) is 0 Å². The van der Waals surface area contributed by atoms with Crippen molar-refractivity contribution >= 4 is 32.8 Å². The summed E-state index contributed by atoms with van der Waals surface area (Å²) in [6.07, 6.45) is 2.01. The van der Waals surface area contributed by atoms with E-state index in [0.29, 0.717) is 17.4 Å². The molecule has 3 aromatic rings. The summed E-state index contributed by atoms with van der Waals surface area (Å²) in [7, 11) is -1.19. The van der Waals surface area contributed by atoms with Gasteiger partial charge in [0.2, 0.25) is 0 Å². The molecule has 0 bridgehead atoms. The molecule has 5 nitrogen and oxygen atoms in total. The van der Waals surface area contributed by atoms with Gasteiger partial charge in [-0.15, -0.1) is 11.3 Å². The van der Waals surface area contributed by atoms with Crippen molar-refractivity contribution in [1.29, 1.82) is 0 Å². The first kappa shape index (κ1) is 21.8. The molecule has 0 unspecified atom stereocenters. The Morgan fingerprint density at radius 2 is 1.97 bits per heavy atom. The van der Waals surface area contributed by atoms with Crippen molar-refractivity contribution in [2.75, 3.05) is 26.5 Å². The van der Waals surface area contributed by atoms with Gasteiger partial charge < -0.3 is 9.64 Å². The Labute approximate surface area is 180 Å². The van der Waals surface area contributed by atoms with E-state index in [0.717, 1.165) is 35.8 Å². The maximum Gasteiger partial charge on any atom is 0.175 e. The molecule has 0 saturated carbocycles. The normalized spacial score (nSPS) is 11.7.